The molecule has 0 aliphatic heterocycles. The van der Waals surface area contributed by atoms with Crippen molar-refractivity contribution < 1.29 is 4.39 Å². The molecule has 0 spiro atoms. The van der Waals surface area contributed by atoms with Crippen molar-refractivity contribution in [2.24, 2.45) is 29.6 Å². The van der Waals surface area contributed by atoms with Crippen LogP contribution in [0.15, 0.2) is 24.3 Å². The molecule has 0 aromatic heterocycles. The molecule has 0 nitrogen and oxygen atoms in total. The Morgan fingerprint density at radius 3 is 2.50 bits per heavy atom. The fourth-order valence-corrected chi connectivity index (χ4v) is 6.70. The van der Waals surface area contributed by atoms with Gasteiger partial charge in [0.1, 0.15) is 5.82 Å². The Morgan fingerprint density at radius 1 is 0.964 bits per heavy atom. The van der Waals surface area contributed by atoms with Gasteiger partial charge in [-0.2, -0.15) is 0 Å². The van der Waals surface area contributed by atoms with E-state index in [-0.39, 0.29) is 5.82 Å². The topological polar surface area (TPSA) is 0 Å². The number of hydrogen-bond donors (Lipinski definition) is 0. The summed E-state index contributed by atoms with van der Waals surface area (Å²) in [6.07, 6.45) is 19.7. The van der Waals surface area contributed by atoms with Crippen molar-refractivity contribution in [1.82, 2.24) is 0 Å². The zero-order valence-electron chi connectivity index (χ0n) is 18.1. The van der Waals surface area contributed by atoms with E-state index in [2.05, 4.69) is 32.1 Å². The molecule has 3 aliphatic carbocycles. The number of aryl methyl sites for hydroxylation is 2. The van der Waals surface area contributed by atoms with Crippen LogP contribution in [0.5, 0.6) is 0 Å². The first-order chi connectivity index (χ1) is 13.7. The summed E-state index contributed by atoms with van der Waals surface area (Å²) in [4.78, 5) is 0. The summed E-state index contributed by atoms with van der Waals surface area (Å²) in [5.74, 6) is 4.62. The molecule has 5 atom stereocenters. The third-order valence-corrected chi connectivity index (χ3v) is 8.44. The predicted octanol–water partition coefficient (Wildman–Crippen LogP) is 7.68. The van der Waals surface area contributed by atoms with Gasteiger partial charge in [-0.15, -0.1) is 0 Å². The largest absolute Gasteiger partial charge is 0.207 e. The third-order valence-electron chi connectivity index (χ3n) is 8.44. The highest BCUT2D eigenvalue weighted by Gasteiger charge is 2.38. The molecule has 28 heavy (non-hydrogen) atoms. The molecule has 0 N–H and O–H groups in total. The van der Waals surface area contributed by atoms with E-state index < -0.39 is 0 Å². The van der Waals surface area contributed by atoms with Crippen molar-refractivity contribution in [3.05, 3.63) is 46.8 Å². The Hall–Kier alpha value is -1.11. The minimum Gasteiger partial charge on any atom is -0.207 e. The van der Waals surface area contributed by atoms with Gasteiger partial charge in [-0.25, -0.2) is 4.39 Å². The second-order valence-corrected chi connectivity index (χ2v) is 10.0. The molecule has 0 radical (unpaired) electrons. The van der Waals surface area contributed by atoms with Crippen LogP contribution in [0.1, 0.15) is 88.3 Å². The molecule has 0 bridgehead atoms. The highest BCUT2D eigenvalue weighted by atomic mass is 19.1. The van der Waals surface area contributed by atoms with Crippen LogP contribution in [-0.4, -0.2) is 0 Å². The van der Waals surface area contributed by atoms with E-state index in [0.717, 1.165) is 60.8 Å². The maximum atomic E-state index is 14.9. The van der Waals surface area contributed by atoms with Gasteiger partial charge < -0.3 is 0 Å². The van der Waals surface area contributed by atoms with E-state index in [1.54, 1.807) is 0 Å². The lowest BCUT2D eigenvalue weighted by molar-refractivity contribution is 0.0705. The maximum absolute atomic E-state index is 14.9. The molecule has 2 fully saturated rings. The molecule has 1 heteroatoms. The average molecular weight is 383 g/mol. The van der Waals surface area contributed by atoms with Gasteiger partial charge in [-0.1, -0.05) is 38.0 Å². The molecule has 0 heterocycles. The molecule has 0 amide bonds. The van der Waals surface area contributed by atoms with Gasteiger partial charge in [-0.3, -0.25) is 0 Å². The molecule has 3 aliphatic rings. The fraction of sp³-hybridized carbons (Fsp3) is 0.704. The molecular weight excluding hydrogens is 343 g/mol. The van der Waals surface area contributed by atoms with E-state index in [0.29, 0.717) is 0 Å². The quantitative estimate of drug-likeness (QED) is 0.458. The number of hydrogen-bond acceptors (Lipinski definition) is 0. The van der Waals surface area contributed by atoms with E-state index in [4.69, 9.17) is 0 Å². The summed E-state index contributed by atoms with van der Waals surface area (Å²) in [6, 6.07) is 4.13. The Kier molecular flexibility index (Phi) is 6.59. The van der Waals surface area contributed by atoms with Gasteiger partial charge in [-0.05, 0) is 123 Å². The monoisotopic (exact) mass is 382 g/mol. The molecule has 1 aromatic carbocycles. The summed E-state index contributed by atoms with van der Waals surface area (Å²) in [5.41, 5.74) is 3.55. The lowest BCUT2D eigenvalue weighted by atomic mass is 9.61. The molecule has 2 saturated carbocycles. The summed E-state index contributed by atoms with van der Waals surface area (Å²) in [7, 11) is 0. The maximum Gasteiger partial charge on any atom is 0.126 e. The van der Waals surface area contributed by atoms with E-state index >= 15 is 0 Å². The number of fused-ring (bicyclic) bond motifs is 2. The number of allylic oxidation sites excluding steroid dienone is 2. The summed E-state index contributed by atoms with van der Waals surface area (Å²) in [6.45, 7) is 4.42. The van der Waals surface area contributed by atoms with Crippen LogP contribution in [0.25, 0.3) is 0 Å². The molecule has 4 rings (SSSR count). The van der Waals surface area contributed by atoms with Gasteiger partial charge >= 0.3 is 0 Å². The molecule has 5 unspecified atom stereocenters. The molecule has 0 saturated heterocycles. The van der Waals surface area contributed by atoms with Crippen molar-refractivity contribution in [3.8, 4) is 0 Å². The highest BCUT2D eigenvalue weighted by molar-refractivity contribution is 5.36. The van der Waals surface area contributed by atoms with Gasteiger partial charge in [0.2, 0.25) is 0 Å². The number of rotatable bonds is 5. The molecule has 1 aromatic rings. The van der Waals surface area contributed by atoms with Crippen LogP contribution in [0.3, 0.4) is 0 Å². The summed E-state index contributed by atoms with van der Waals surface area (Å²) in [5, 5.41) is 0. The smallest absolute Gasteiger partial charge is 0.126 e. The van der Waals surface area contributed by atoms with E-state index in [9.17, 15) is 4.39 Å². The van der Waals surface area contributed by atoms with Crippen LogP contribution < -0.4 is 0 Å². The van der Waals surface area contributed by atoms with Crippen molar-refractivity contribution in [2.75, 3.05) is 0 Å². The fourth-order valence-electron chi connectivity index (χ4n) is 6.70. The molecular formula is C27H39F. The zero-order chi connectivity index (χ0) is 19.5. The van der Waals surface area contributed by atoms with Gasteiger partial charge in [0, 0.05) is 0 Å². The van der Waals surface area contributed by atoms with Gasteiger partial charge in [0.25, 0.3) is 0 Å². The Morgan fingerprint density at radius 2 is 1.71 bits per heavy atom. The van der Waals surface area contributed by atoms with Crippen LogP contribution in [0.2, 0.25) is 0 Å². The second kappa shape index (κ2) is 9.14. The summed E-state index contributed by atoms with van der Waals surface area (Å²) < 4.78 is 14.9. The molecule has 154 valence electrons. The van der Waals surface area contributed by atoms with Crippen LogP contribution in [0, 0.1) is 35.4 Å². The van der Waals surface area contributed by atoms with Crippen molar-refractivity contribution >= 4 is 0 Å². The van der Waals surface area contributed by atoms with Crippen molar-refractivity contribution in [2.45, 2.75) is 90.9 Å². The Labute approximate surface area is 172 Å². The lowest BCUT2D eigenvalue weighted by Crippen LogP contribution is -2.35. The second-order valence-electron chi connectivity index (χ2n) is 10.0. The van der Waals surface area contributed by atoms with Crippen molar-refractivity contribution in [1.29, 1.82) is 0 Å². The average Bonchev–Trinajstić information content (AvgIpc) is 2.73. The predicted molar refractivity (Wildman–Crippen MR) is 117 cm³/mol. The van der Waals surface area contributed by atoms with Crippen molar-refractivity contribution in [3.63, 3.8) is 0 Å². The van der Waals surface area contributed by atoms with Crippen LogP contribution in [0.4, 0.5) is 4.39 Å². The number of halogens is 1. The first-order valence-electron chi connectivity index (χ1n) is 12.1. The SMILES string of the molecule is C/C=C/CCc1cc(F)c2c(c1)CCC(C1CCC3CC(CC)CCC3C1)C2. The van der Waals surface area contributed by atoms with E-state index in [1.807, 2.05) is 6.07 Å². The Bertz CT molecular complexity index is 688. The summed E-state index contributed by atoms with van der Waals surface area (Å²) >= 11 is 0. The van der Waals surface area contributed by atoms with Crippen LogP contribution >= 0.6 is 0 Å². The first-order valence-corrected chi connectivity index (χ1v) is 12.1. The minimum absolute atomic E-state index is 0.0785. The number of benzene rings is 1. The first kappa shape index (κ1) is 20.2. The van der Waals surface area contributed by atoms with Gasteiger partial charge in [0.05, 0.1) is 0 Å². The Balaban J connectivity index is 1.39. The lowest BCUT2D eigenvalue weighted by Gasteiger charge is -2.45. The minimum atomic E-state index is 0.0785. The normalized spacial score (nSPS) is 32.9. The van der Waals surface area contributed by atoms with Gasteiger partial charge in [0.15, 0.2) is 0 Å². The third kappa shape index (κ3) is 4.39. The highest BCUT2D eigenvalue weighted by Crippen LogP contribution is 2.49. The standard InChI is InChI=1S/C27H39F/c1-3-5-6-7-20-15-25-13-12-24(18-26(25)27(28)16-20)23-11-10-21-14-19(4-2)8-9-22(21)17-23/h3,5,15-16,19,21-24H,4,6-14,17-18H2,1-2H3/b5-3+. The van der Waals surface area contributed by atoms with Crippen LogP contribution in [-0.2, 0) is 19.3 Å². The van der Waals surface area contributed by atoms with E-state index in [1.165, 1.54) is 62.5 Å². The zero-order valence-corrected chi connectivity index (χ0v) is 18.1.